The minimum absolute atomic E-state index is 0.362. The molecule has 6 heteroatoms. The number of fused-ring (bicyclic) bond motifs is 1. The Morgan fingerprint density at radius 2 is 2.21 bits per heavy atom. The van der Waals surface area contributed by atoms with E-state index in [2.05, 4.69) is 29.7 Å². The van der Waals surface area contributed by atoms with Crippen molar-refractivity contribution in [2.75, 3.05) is 6.61 Å². The number of hydrogen-bond donors (Lipinski definition) is 0. The van der Waals surface area contributed by atoms with E-state index in [0.29, 0.717) is 12.4 Å². The first-order valence-corrected chi connectivity index (χ1v) is 10.1. The van der Waals surface area contributed by atoms with Crippen molar-refractivity contribution < 1.29 is 9.53 Å². The molecule has 2 heterocycles. The van der Waals surface area contributed by atoms with Crippen molar-refractivity contribution in [1.29, 1.82) is 0 Å². The SMILES string of the molecule is C[Si](C)(C)CCOCn1nc(C=O)c2ccncc21. The summed E-state index contributed by atoms with van der Waals surface area (Å²) in [5, 5.41) is 5.06. The van der Waals surface area contributed by atoms with E-state index in [0.717, 1.165) is 29.8 Å². The summed E-state index contributed by atoms with van der Waals surface area (Å²) in [6.07, 6.45) is 4.13. The molecule has 0 amide bonds. The zero-order valence-corrected chi connectivity index (χ0v) is 12.6. The lowest BCUT2D eigenvalue weighted by Gasteiger charge is -2.15. The van der Waals surface area contributed by atoms with Crippen LogP contribution >= 0.6 is 0 Å². The molecule has 0 spiro atoms. The molecule has 0 saturated heterocycles. The third-order valence-corrected chi connectivity index (χ3v) is 4.61. The maximum atomic E-state index is 11.0. The molecule has 2 aromatic heterocycles. The number of pyridine rings is 1. The number of hydrogen-bond acceptors (Lipinski definition) is 4. The van der Waals surface area contributed by atoms with Gasteiger partial charge in [-0.15, -0.1) is 0 Å². The molecule has 102 valence electrons. The van der Waals surface area contributed by atoms with Gasteiger partial charge in [0.2, 0.25) is 0 Å². The van der Waals surface area contributed by atoms with Gasteiger partial charge in [-0.1, -0.05) is 19.6 Å². The quantitative estimate of drug-likeness (QED) is 0.462. The number of aldehydes is 1. The summed E-state index contributed by atoms with van der Waals surface area (Å²) in [5.41, 5.74) is 1.27. The van der Waals surface area contributed by atoms with Crippen molar-refractivity contribution >= 4 is 25.3 Å². The molecule has 0 radical (unpaired) electrons. The first-order chi connectivity index (χ1) is 9.01. The normalized spacial score (nSPS) is 11.9. The molecule has 0 bridgehead atoms. The van der Waals surface area contributed by atoms with E-state index in [9.17, 15) is 4.79 Å². The van der Waals surface area contributed by atoms with Crippen LogP contribution in [0.15, 0.2) is 18.5 Å². The van der Waals surface area contributed by atoms with Crippen LogP contribution in [0, 0.1) is 0 Å². The van der Waals surface area contributed by atoms with E-state index in [1.165, 1.54) is 0 Å². The number of carbonyl (C=O) groups excluding carboxylic acids is 1. The largest absolute Gasteiger partial charge is 0.360 e. The average molecular weight is 277 g/mol. The maximum absolute atomic E-state index is 11.0. The Hall–Kier alpha value is -1.53. The lowest BCUT2D eigenvalue weighted by molar-refractivity contribution is 0.0812. The Balaban J connectivity index is 2.07. The molecule has 0 unspecified atom stereocenters. The van der Waals surface area contributed by atoms with Gasteiger partial charge in [0.05, 0.1) is 11.7 Å². The third kappa shape index (κ3) is 3.48. The second-order valence-electron chi connectivity index (χ2n) is 5.74. The predicted octanol–water partition coefficient (Wildman–Crippen LogP) is 2.56. The van der Waals surface area contributed by atoms with Crippen LogP contribution in [0.25, 0.3) is 10.9 Å². The summed E-state index contributed by atoms with van der Waals surface area (Å²) in [7, 11) is -1.07. The van der Waals surface area contributed by atoms with E-state index >= 15 is 0 Å². The molecule has 0 saturated carbocycles. The van der Waals surface area contributed by atoms with Gasteiger partial charge in [-0.2, -0.15) is 5.10 Å². The van der Waals surface area contributed by atoms with Crippen LogP contribution < -0.4 is 0 Å². The molecular weight excluding hydrogens is 258 g/mol. The van der Waals surface area contributed by atoms with E-state index in [1.807, 2.05) is 0 Å². The summed E-state index contributed by atoms with van der Waals surface area (Å²) < 4.78 is 7.34. The second-order valence-corrected chi connectivity index (χ2v) is 11.4. The Morgan fingerprint density at radius 1 is 1.42 bits per heavy atom. The van der Waals surface area contributed by atoms with Crippen molar-refractivity contribution in [2.45, 2.75) is 32.4 Å². The smallest absolute Gasteiger partial charge is 0.170 e. The molecule has 0 N–H and O–H groups in total. The van der Waals surface area contributed by atoms with Crippen LogP contribution in [0.1, 0.15) is 10.5 Å². The number of aromatic nitrogens is 3. The number of nitrogens with zero attached hydrogens (tertiary/aromatic N) is 3. The number of ether oxygens (including phenoxy) is 1. The van der Waals surface area contributed by atoms with Crippen molar-refractivity contribution in [1.82, 2.24) is 14.8 Å². The first-order valence-electron chi connectivity index (χ1n) is 6.35. The molecule has 0 aliphatic heterocycles. The average Bonchev–Trinajstić information content (AvgIpc) is 2.72. The van der Waals surface area contributed by atoms with E-state index < -0.39 is 8.07 Å². The maximum Gasteiger partial charge on any atom is 0.170 e. The van der Waals surface area contributed by atoms with Crippen LogP contribution in [0.4, 0.5) is 0 Å². The predicted molar refractivity (Wildman–Crippen MR) is 77.0 cm³/mol. The molecular formula is C13H19N3O2Si. The Bertz CT molecular complexity index is 575. The molecule has 0 fully saturated rings. The fraction of sp³-hybridized carbons (Fsp3) is 0.462. The van der Waals surface area contributed by atoms with Gasteiger partial charge in [0.1, 0.15) is 12.4 Å². The summed E-state index contributed by atoms with van der Waals surface area (Å²) in [4.78, 5) is 15.0. The molecule has 0 aliphatic carbocycles. The van der Waals surface area contributed by atoms with Gasteiger partial charge in [-0.25, -0.2) is 4.68 Å². The third-order valence-electron chi connectivity index (χ3n) is 2.90. The van der Waals surface area contributed by atoms with Crippen LogP contribution in [-0.4, -0.2) is 35.7 Å². The van der Waals surface area contributed by atoms with Gasteiger partial charge in [-0.3, -0.25) is 9.78 Å². The highest BCUT2D eigenvalue weighted by molar-refractivity contribution is 6.76. The van der Waals surface area contributed by atoms with Gasteiger partial charge in [0.25, 0.3) is 0 Å². The van der Waals surface area contributed by atoms with Crippen molar-refractivity contribution in [3.63, 3.8) is 0 Å². The van der Waals surface area contributed by atoms with Gasteiger partial charge in [0, 0.05) is 26.3 Å². The number of rotatable bonds is 6. The molecule has 0 aliphatic rings. The van der Waals surface area contributed by atoms with Crippen LogP contribution in [-0.2, 0) is 11.5 Å². The van der Waals surface area contributed by atoms with E-state index in [-0.39, 0.29) is 0 Å². The standard InChI is InChI=1S/C13H19N3O2Si/c1-19(2,3)7-6-18-10-16-13-8-14-5-4-11(13)12(9-17)15-16/h4-5,8-9H,6-7,10H2,1-3H3. The molecule has 0 atom stereocenters. The topological polar surface area (TPSA) is 57.0 Å². The highest BCUT2D eigenvalue weighted by Crippen LogP contribution is 2.16. The van der Waals surface area contributed by atoms with Gasteiger partial charge in [-0.05, 0) is 12.1 Å². The monoisotopic (exact) mass is 277 g/mol. The molecule has 2 rings (SSSR count). The first kappa shape index (κ1) is 13.9. The summed E-state index contributed by atoms with van der Waals surface area (Å²) in [6.45, 7) is 8.03. The second kappa shape index (κ2) is 5.62. The fourth-order valence-corrected chi connectivity index (χ4v) is 2.52. The molecule has 5 nitrogen and oxygen atoms in total. The van der Waals surface area contributed by atoms with Crippen LogP contribution in [0.3, 0.4) is 0 Å². The summed E-state index contributed by atoms with van der Waals surface area (Å²) in [5.74, 6) is 0. The molecule has 19 heavy (non-hydrogen) atoms. The molecule has 0 aromatic carbocycles. The highest BCUT2D eigenvalue weighted by Gasteiger charge is 2.13. The van der Waals surface area contributed by atoms with Gasteiger partial charge in [0.15, 0.2) is 6.29 Å². The zero-order chi connectivity index (χ0) is 13.9. The zero-order valence-electron chi connectivity index (χ0n) is 11.6. The lowest BCUT2D eigenvalue weighted by Crippen LogP contribution is -2.22. The fourth-order valence-electron chi connectivity index (χ4n) is 1.76. The lowest BCUT2D eigenvalue weighted by atomic mass is 10.2. The number of carbonyl (C=O) groups is 1. The van der Waals surface area contributed by atoms with Gasteiger partial charge >= 0.3 is 0 Å². The van der Waals surface area contributed by atoms with Crippen LogP contribution in [0.5, 0.6) is 0 Å². The van der Waals surface area contributed by atoms with Gasteiger partial charge < -0.3 is 4.74 Å². The minimum Gasteiger partial charge on any atom is -0.360 e. The summed E-state index contributed by atoms with van der Waals surface area (Å²) in [6, 6.07) is 2.91. The van der Waals surface area contributed by atoms with Crippen molar-refractivity contribution in [3.8, 4) is 0 Å². The Labute approximate surface area is 113 Å². The Kier molecular flexibility index (Phi) is 4.11. The summed E-state index contributed by atoms with van der Waals surface area (Å²) >= 11 is 0. The Morgan fingerprint density at radius 3 is 2.89 bits per heavy atom. The van der Waals surface area contributed by atoms with Crippen molar-refractivity contribution in [2.24, 2.45) is 0 Å². The van der Waals surface area contributed by atoms with E-state index in [1.54, 1.807) is 23.1 Å². The minimum atomic E-state index is -1.07. The van der Waals surface area contributed by atoms with Crippen LogP contribution in [0.2, 0.25) is 25.7 Å². The van der Waals surface area contributed by atoms with E-state index in [4.69, 9.17) is 4.74 Å². The molecule has 2 aromatic rings. The highest BCUT2D eigenvalue weighted by atomic mass is 28.3. The van der Waals surface area contributed by atoms with Crippen molar-refractivity contribution in [3.05, 3.63) is 24.2 Å².